The van der Waals surface area contributed by atoms with E-state index < -0.39 is 0 Å². The summed E-state index contributed by atoms with van der Waals surface area (Å²) in [6.45, 7) is 1.31. The molecule has 33 heavy (non-hydrogen) atoms. The van der Waals surface area contributed by atoms with Gasteiger partial charge in [0.25, 0.3) is 0 Å². The Balaban J connectivity index is 1.40. The Labute approximate surface area is 202 Å². The highest BCUT2D eigenvalue weighted by molar-refractivity contribution is 7.09. The molecule has 2 aromatic rings. The molecule has 1 aromatic heterocycles. The number of allylic oxidation sites excluding steroid dienone is 2. The van der Waals surface area contributed by atoms with Crippen molar-refractivity contribution < 1.29 is 9.53 Å². The van der Waals surface area contributed by atoms with Gasteiger partial charge in [0, 0.05) is 43.3 Å². The van der Waals surface area contributed by atoms with Crippen LogP contribution in [0.25, 0.3) is 0 Å². The van der Waals surface area contributed by atoms with E-state index in [2.05, 4.69) is 47.9 Å². The largest absolute Gasteiger partial charge is 0.490 e. The molecule has 1 atom stereocenters. The number of hydrogen-bond acceptors (Lipinski definition) is 4. The number of thiophene rings is 1. The number of benzene rings is 1. The molecule has 0 aliphatic heterocycles. The summed E-state index contributed by atoms with van der Waals surface area (Å²) in [7, 11) is 1.94. The third-order valence-corrected chi connectivity index (χ3v) is 8.34. The van der Waals surface area contributed by atoms with Crippen LogP contribution in [-0.2, 0) is 24.1 Å². The van der Waals surface area contributed by atoms with Gasteiger partial charge in [-0.3, -0.25) is 4.79 Å². The molecule has 2 aliphatic carbocycles. The van der Waals surface area contributed by atoms with Crippen LogP contribution in [0.3, 0.4) is 0 Å². The van der Waals surface area contributed by atoms with Gasteiger partial charge < -0.3 is 15.4 Å². The van der Waals surface area contributed by atoms with Gasteiger partial charge in [0.15, 0.2) is 0 Å². The minimum absolute atomic E-state index is 0.00703. The minimum Gasteiger partial charge on any atom is -0.490 e. The number of fused-ring (bicyclic) bond motifs is 1. The molecule has 0 saturated heterocycles. The van der Waals surface area contributed by atoms with Crippen LogP contribution in [0.15, 0.2) is 47.9 Å². The van der Waals surface area contributed by atoms with Crippen molar-refractivity contribution in [3.8, 4) is 5.75 Å². The quantitative estimate of drug-likeness (QED) is 0.468. The molecular weight excluding hydrogens is 428 g/mol. The van der Waals surface area contributed by atoms with Crippen molar-refractivity contribution in [3.63, 3.8) is 0 Å². The third kappa shape index (κ3) is 6.27. The van der Waals surface area contributed by atoms with Crippen molar-refractivity contribution in [2.24, 2.45) is 11.1 Å². The highest BCUT2D eigenvalue weighted by Crippen LogP contribution is 2.38. The first-order valence-corrected chi connectivity index (χ1v) is 13.4. The van der Waals surface area contributed by atoms with Crippen LogP contribution in [-0.4, -0.2) is 37.0 Å². The fraction of sp³-hybridized carbons (Fsp3) is 0.536. The summed E-state index contributed by atoms with van der Waals surface area (Å²) in [5.41, 5.74) is 8.81. The Morgan fingerprint density at radius 1 is 1.15 bits per heavy atom. The summed E-state index contributed by atoms with van der Waals surface area (Å²) < 4.78 is 6.62. The molecule has 2 aliphatic rings. The van der Waals surface area contributed by atoms with E-state index in [1.807, 2.05) is 11.9 Å². The highest BCUT2D eigenvalue weighted by Gasteiger charge is 2.34. The second-order valence-corrected chi connectivity index (χ2v) is 10.9. The Hall–Kier alpha value is -2.11. The van der Waals surface area contributed by atoms with E-state index in [1.165, 1.54) is 35.3 Å². The molecule has 5 heteroatoms. The molecule has 4 nitrogen and oxygen atoms in total. The molecule has 1 unspecified atom stereocenters. The second-order valence-electron chi connectivity index (χ2n) is 9.84. The van der Waals surface area contributed by atoms with Gasteiger partial charge in [0.05, 0.1) is 0 Å². The maximum atomic E-state index is 13.1. The lowest BCUT2D eigenvalue weighted by atomic mass is 9.71. The standard InChI is InChI=1S/C28H38N2O2S/c1-30(27(31)20-28(21-29)15-5-2-6-16-28)17-14-23(19-24-11-8-18-33-24)32-26-13-7-10-22-9-3-4-12-25(22)26/h3-4,7-8,10-11,13,18,23H,2,5-6,9,12,14-17,19-21,29H2,1H3. The zero-order valence-electron chi connectivity index (χ0n) is 19.9. The summed E-state index contributed by atoms with van der Waals surface area (Å²) >= 11 is 1.77. The molecule has 0 bridgehead atoms. The Kier molecular flexibility index (Phi) is 8.26. The van der Waals surface area contributed by atoms with Crippen molar-refractivity contribution in [1.82, 2.24) is 4.90 Å². The van der Waals surface area contributed by atoms with E-state index in [0.29, 0.717) is 19.5 Å². The van der Waals surface area contributed by atoms with Crippen LogP contribution in [0.5, 0.6) is 5.75 Å². The Morgan fingerprint density at radius 3 is 2.73 bits per heavy atom. The van der Waals surface area contributed by atoms with Gasteiger partial charge in [-0.15, -0.1) is 11.3 Å². The molecular formula is C28H38N2O2S. The first-order valence-electron chi connectivity index (χ1n) is 12.5. The molecule has 0 radical (unpaired) electrons. The second kappa shape index (κ2) is 11.3. The van der Waals surface area contributed by atoms with E-state index in [-0.39, 0.29) is 17.4 Å². The lowest BCUT2D eigenvalue weighted by Crippen LogP contribution is -2.40. The first-order chi connectivity index (χ1) is 16.1. The van der Waals surface area contributed by atoms with Crippen LogP contribution in [0.2, 0.25) is 0 Å². The van der Waals surface area contributed by atoms with E-state index in [1.54, 1.807) is 11.3 Å². The predicted molar refractivity (Wildman–Crippen MR) is 137 cm³/mol. The Morgan fingerprint density at radius 2 is 1.97 bits per heavy atom. The summed E-state index contributed by atoms with van der Waals surface area (Å²) in [4.78, 5) is 16.3. The maximum absolute atomic E-state index is 13.1. The van der Waals surface area contributed by atoms with Crippen molar-refractivity contribution >= 4 is 17.2 Å². The number of carbonyl (C=O) groups is 1. The van der Waals surface area contributed by atoms with Crippen LogP contribution >= 0.6 is 11.3 Å². The van der Waals surface area contributed by atoms with E-state index in [9.17, 15) is 4.79 Å². The summed E-state index contributed by atoms with van der Waals surface area (Å²) in [6.07, 6.45) is 14.5. The van der Waals surface area contributed by atoms with Gasteiger partial charge in [-0.1, -0.05) is 49.6 Å². The number of hydrogen-bond donors (Lipinski definition) is 1. The smallest absolute Gasteiger partial charge is 0.222 e. The Bertz CT molecular complexity index is 931. The minimum atomic E-state index is 0.00703. The SMILES string of the molecule is CN(CCC(Cc1cccs1)Oc1cccc2c1CC=CC2)C(=O)CC1(CN)CCCCC1. The average molecular weight is 467 g/mol. The fourth-order valence-corrected chi connectivity index (χ4v) is 6.04. The average Bonchev–Trinajstić information content (AvgIpc) is 3.36. The predicted octanol–water partition coefficient (Wildman–Crippen LogP) is 5.54. The maximum Gasteiger partial charge on any atom is 0.222 e. The van der Waals surface area contributed by atoms with Crippen molar-refractivity contribution in [1.29, 1.82) is 0 Å². The van der Waals surface area contributed by atoms with Crippen LogP contribution in [0, 0.1) is 5.41 Å². The number of carbonyl (C=O) groups excluding carboxylic acids is 1. The lowest BCUT2D eigenvalue weighted by molar-refractivity contribution is -0.133. The third-order valence-electron chi connectivity index (χ3n) is 7.44. The summed E-state index contributed by atoms with van der Waals surface area (Å²) in [5, 5.41) is 2.12. The molecule has 1 saturated carbocycles. The molecule has 1 heterocycles. The number of nitrogens with zero attached hydrogens (tertiary/aromatic N) is 1. The molecule has 4 rings (SSSR count). The highest BCUT2D eigenvalue weighted by atomic mass is 32.1. The van der Waals surface area contributed by atoms with Gasteiger partial charge in [-0.05, 0) is 60.7 Å². The van der Waals surface area contributed by atoms with Crippen molar-refractivity contribution in [2.75, 3.05) is 20.1 Å². The van der Waals surface area contributed by atoms with Crippen LogP contribution in [0.4, 0.5) is 0 Å². The monoisotopic (exact) mass is 466 g/mol. The normalized spacial score (nSPS) is 17.9. The number of rotatable bonds is 10. The summed E-state index contributed by atoms with van der Waals surface area (Å²) in [6, 6.07) is 10.7. The molecule has 2 N–H and O–H groups in total. The van der Waals surface area contributed by atoms with Gasteiger partial charge in [0.2, 0.25) is 5.91 Å². The zero-order valence-corrected chi connectivity index (χ0v) is 20.7. The van der Waals surface area contributed by atoms with E-state index in [4.69, 9.17) is 10.5 Å². The van der Waals surface area contributed by atoms with E-state index in [0.717, 1.165) is 44.3 Å². The van der Waals surface area contributed by atoms with Gasteiger partial charge in [-0.25, -0.2) is 0 Å². The zero-order chi connectivity index (χ0) is 23.1. The van der Waals surface area contributed by atoms with E-state index >= 15 is 0 Å². The van der Waals surface area contributed by atoms with Crippen molar-refractivity contribution in [2.45, 2.75) is 70.3 Å². The molecule has 1 fully saturated rings. The van der Waals surface area contributed by atoms with Gasteiger partial charge in [-0.2, -0.15) is 0 Å². The lowest BCUT2D eigenvalue weighted by Gasteiger charge is -2.37. The van der Waals surface area contributed by atoms with Crippen LogP contribution in [0.1, 0.15) is 60.9 Å². The van der Waals surface area contributed by atoms with Crippen LogP contribution < -0.4 is 10.5 Å². The molecule has 1 aromatic carbocycles. The van der Waals surface area contributed by atoms with Crippen molar-refractivity contribution in [3.05, 3.63) is 63.9 Å². The first kappa shape index (κ1) is 24.0. The van der Waals surface area contributed by atoms with Gasteiger partial charge >= 0.3 is 0 Å². The summed E-state index contributed by atoms with van der Waals surface area (Å²) in [5.74, 6) is 1.22. The fourth-order valence-electron chi connectivity index (χ4n) is 5.26. The van der Waals surface area contributed by atoms with Gasteiger partial charge in [0.1, 0.15) is 11.9 Å². The topological polar surface area (TPSA) is 55.6 Å². The number of ether oxygens (including phenoxy) is 1. The number of amides is 1. The number of nitrogens with two attached hydrogens (primary N) is 1. The molecule has 0 spiro atoms. The molecule has 178 valence electrons. The molecule has 1 amide bonds.